The van der Waals surface area contributed by atoms with Crippen LogP contribution in [0.5, 0.6) is 5.75 Å². The summed E-state index contributed by atoms with van der Waals surface area (Å²) in [5.41, 5.74) is 5.99. The van der Waals surface area contributed by atoms with E-state index < -0.39 is 0 Å². The molecule has 4 nitrogen and oxygen atoms in total. The van der Waals surface area contributed by atoms with Crippen molar-refractivity contribution in [2.75, 3.05) is 13.2 Å². The first kappa shape index (κ1) is 13.2. The van der Waals surface area contributed by atoms with Crippen LogP contribution in [-0.4, -0.2) is 25.2 Å². The van der Waals surface area contributed by atoms with Gasteiger partial charge in [-0.2, -0.15) is 0 Å². The summed E-state index contributed by atoms with van der Waals surface area (Å²) in [7, 11) is 0. The van der Waals surface area contributed by atoms with Crippen molar-refractivity contribution in [3.8, 4) is 5.75 Å². The van der Waals surface area contributed by atoms with E-state index in [2.05, 4.69) is 0 Å². The number of nitrogens with one attached hydrogen (secondary N) is 1. The molecule has 0 saturated carbocycles. The molecule has 2 rings (SSSR count). The largest absolute Gasteiger partial charge is 0.489 e. The van der Waals surface area contributed by atoms with Crippen LogP contribution in [0.4, 0.5) is 0 Å². The van der Waals surface area contributed by atoms with E-state index in [0.717, 1.165) is 19.4 Å². The van der Waals surface area contributed by atoms with Crippen molar-refractivity contribution in [2.45, 2.75) is 25.4 Å². The lowest BCUT2D eigenvalue weighted by Crippen LogP contribution is -2.25. The summed E-state index contributed by atoms with van der Waals surface area (Å²) < 4.78 is 11.2. The highest BCUT2D eigenvalue weighted by molar-refractivity contribution is 6.32. The molecule has 0 aromatic heterocycles. The molecular weight excluding hydrogens is 252 g/mol. The Morgan fingerprint density at radius 2 is 2.33 bits per heavy atom. The van der Waals surface area contributed by atoms with Crippen molar-refractivity contribution >= 4 is 17.4 Å². The zero-order chi connectivity index (χ0) is 13.0. The van der Waals surface area contributed by atoms with Crippen LogP contribution in [0.2, 0.25) is 5.02 Å². The Morgan fingerprint density at radius 1 is 1.50 bits per heavy atom. The standard InChI is InChI=1S/C13H17ClN2O2/c14-11-7-9(13(15)16)4-5-12(11)18-8-10-3-1-2-6-17-10/h4-5,7,10H,1-3,6,8H2,(H3,15,16). The SMILES string of the molecule is N=C(N)c1ccc(OCC2CCCCO2)c(Cl)c1. The Bertz CT molecular complexity index is 431. The zero-order valence-electron chi connectivity index (χ0n) is 10.1. The van der Waals surface area contributed by atoms with Gasteiger partial charge in [-0.1, -0.05) is 11.6 Å². The molecule has 5 heteroatoms. The fraction of sp³-hybridized carbons (Fsp3) is 0.462. The predicted octanol–water partition coefficient (Wildman–Crippen LogP) is 2.57. The minimum atomic E-state index is -0.000867. The Kier molecular flexibility index (Phi) is 4.44. The Hall–Kier alpha value is -1.26. The average molecular weight is 269 g/mol. The second-order valence-electron chi connectivity index (χ2n) is 4.36. The maximum atomic E-state index is 7.32. The number of ether oxygens (including phenoxy) is 2. The summed E-state index contributed by atoms with van der Waals surface area (Å²) >= 11 is 6.07. The number of nitrogen functional groups attached to an aromatic ring is 1. The molecule has 98 valence electrons. The fourth-order valence-corrected chi connectivity index (χ4v) is 2.14. The van der Waals surface area contributed by atoms with Gasteiger partial charge in [0.05, 0.1) is 11.1 Å². The fourth-order valence-electron chi connectivity index (χ4n) is 1.91. The van der Waals surface area contributed by atoms with Gasteiger partial charge in [0.15, 0.2) is 0 Å². The van der Waals surface area contributed by atoms with Gasteiger partial charge >= 0.3 is 0 Å². The molecular formula is C13H17ClN2O2. The van der Waals surface area contributed by atoms with Crippen LogP contribution in [0.25, 0.3) is 0 Å². The average Bonchev–Trinajstić information content (AvgIpc) is 2.38. The van der Waals surface area contributed by atoms with Gasteiger partial charge in [0.25, 0.3) is 0 Å². The van der Waals surface area contributed by atoms with Gasteiger partial charge in [-0.05, 0) is 37.5 Å². The van der Waals surface area contributed by atoms with Gasteiger partial charge in [0, 0.05) is 12.2 Å². The summed E-state index contributed by atoms with van der Waals surface area (Å²) in [5.74, 6) is 0.606. The van der Waals surface area contributed by atoms with Crippen LogP contribution in [0, 0.1) is 5.41 Å². The van der Waals surface area contributed by atoms with Crippen LogP contribution >= 0.6 is 11.6 Å². The van der Waals surface area contributed by atoms with E-state index in [-0.39, 0.29) is 11.9 Å². The molecule has 1 aliphatic rings. The zero-order valence-corrected chi connectivity index (χ0v) is 10.9. The van der Waals surface area contributed by atoms with E-state index >= 15 is 0 Å². The number of amidine groups is 1. The Labute approximate surface area is 112 Å². The molecule has 0 radical (unpaired) electrons. The molecule has 18 heavy (non-hydrogen) atoms. The smallest absolute Gasteiger partial charge is 0.138 e. The number of hydrogen-bond acceptors (Lipinski definition) is 3. The van der Waals surface area contributed by atoms with Crippen molar-refractivity contribution in [1.82, 2.24) is 0 Å². The second-order valence-corrected chi connectivity index (χ2v) is 4.77. The van der Waals surface area contributed by atoms with Crippen LogP contribution in [-0.2, 0) is 4.74 Å². The topological polar surface area (TPSA) is 68.3 Å². The number of halogens is 1. The van der Waals surface area contributed by atoms with Crippen LogP contribution in [0.15, 0.2) is 18.2 Å². The van der Waals surface area contributed by atoms with Crippen LogP contribution in [0.1, 0.15) is 24.8 Å². The molecule has 1 saturated heterocycles. The van der Waals surface area contributed by atoms with E-state index in [9.17, 15) is 0 Å². The van der Waals surface area contributed by atoms with Crippen LogP contribution in [0.3, 0.4) is 0 Å². The first-order valence-corrected chi connectivity index (χ1v) is 6.43. The second kappa shape index (κ2) is 6.07. The number of benzene rings is 1. The van der Waals surface area contributed by atoms with Crippen LogP contribution < -0.4 is 10.5 Å². The summed E-state index contributed by atoms with van der Waals surface area (Å²) in [6.45, 7) is 1.32. The highest BCUT2D eigenvalue weighted by atomic mass is 35.5. The number of hydrogen-bond donors (Lipinski definition) is 2. The Morgan fingerprint density at radius 3 is 2.94 bits per heavy atom. The third kappa shape index (κ3) is 3.37. The van der Waals surface area contributed by atoms with Crippen molar-refractivity contribution in [2.24, 2.45) is 5.73 Å². The van der Waals surface area contributed by atoms with E-state index in [0.29, 0.717) is 22.9 Å². The minimum absolute atomic E-state index is 0.000867. The van der Waals surface area contributed by atoms with Gasteiger partial charge in [-0.15, -0.1) is 0 Å². The van der Waals surface area contributed by atoms with Crippen molar-refractivity contribution < 1.29 is 9.47 Å². The summed E-state index contributed by atoms with van der Waals surface area (Å²) in [6, 6.07) is 5.11. The molecule has 1 heterocycles. The third-order valence-electron chi connectivity index (χ3n) is 2.94. The van der Waals surface area contributed by atoms with E-state index in [1.165, 1.54) is 6.42 Å². The number of nitrogens with two attached hydrogens (primary N) is 1. The lowest BCUT2D eigenvalue weighted by Gasteiger charge is -2.22. The van der Waals surface area contributed by atoms with Crippen molar-refractivity contribution in [1.29, 1.82) is 5.41 Å². The summed E-state index contributed by atoms with van der Waals surface area (Å²) in [4.78, 5) is 0. The normalized spacial score (nSPS) is 19.5. The molecule has 0 spiro atoms. The lowest BCUT2D eigenvalue weighted by molar-refractivity contribution is -0.0110. The van der Waals surface area contributed by atoms with E-state index in [1.54, 1.807) is 18.2 Å². The van der Waals surface area contributed by atoms with E-state index in [1.807, 2.05) is 0 Å². The molecule has 0 amide bonds. The lowest BCUT2D eigenvalue weighted by atomic mass is 10.1. The highest BCUT2D eigenvalue weighted by Gasteiger charge is 2.15. The monoisotopic (exact) mass is 268 g/mol. The predicted molar refractivity (Wildman–Crippen MR) is 71.6 cm³/mol. The maximum Gasteiger partial charge on any atom is 0.138 e. The molecule has 3 N–H and O–H groups in total. The van der Waals surface area contributed by atoms with Gasteiger partial charge in [-0.3, -0.25) is 5.41 Å². The summed E-state index contributed by atoms with van der Waals surface area (Å²) in [5, 5.41) is 7.79. The molecule has 1 aromatic rings. The van der Waals surface area contributed by atoms with Gasteiger partial charge in [0.1, 0.15) is 18.2 Å². The quantitative estimate of drug-likeness (QED) is 0.651. The van der Waals surface area contributed by atoms with E-state index in [4.69, 9.17) is 32.2 Å². The molecule has 1 atom stereocenters. The molecule has 1 aliphatic heterocycles. The van der Waals surface area contributed by atoms with Gasteiger partial charge in [-0.25, -0.2) is 0 Å². The molecule has 0 aliphatic carbocycles. The number of rotatable bonds is 4. The summed E-state index contributed by atoms with van der Waals surface area (Å²) in [6.07, 6.45) is 3.50. The first-order valence-electron chi connectivity index (χ1n) is 6.05. The van der Waals surface area contributed by atoms with Gasteiger partial charge < -0.3 is 15.2 Å². The third-order valence-corrected chi connectivity index (χ3v) is 3.24. The molecule has 1 fully saturated rings. The van der Waals surface area contributed by atoms with Crippen molar-refractivity contribution in [3.63, 3.8) is 0 Å². The van der Waals surface area contributed by atoms with Gasteiger partial charge in [0.2, 0.25) is 0 Å². The Balaban J connectivity index is 1.94. The molecule has 1 aromatic carbocycles. The first-order chi connectivity index (χ1) is 8.66. The highest BCUT2D eigenvalue weighted by Crippen LogP contribution is 2.26. The minimum Gasteiger partial charge on any atom is -0.489 e. The molecule has 1 unspecified atom stereocenters. The molecule has 0 bridgehead atoms. The maximum absolute atomic E-state index is 7.32. The van der Waals surface area contributed by atoms with Crippen molar-refractivity contribution in [3.05, 3.63) is 28.8 Å².